The first kappa shape index (κ1) is 11.0. The molecule has 0 aliphatic heterocycles. The fourth-order valence-corrected chi connectivity index (χ4v) is 2.47. The molecule has 6 heteroatoms. The molecule has 0 saturated carbocycles. The molecule has 3 rings (SSSR count). The topological polar surface area (TPSA) is 70.9 Å². The molecule has 0 aliphatic rings. The van der Waals surface area contributed by atoms with Crippen LogP contribution in [0.25, 0.3) is 11.1 Å². The van der Waals surface area contributed by atoms with E-state index in [0.29, 0.717) is 11.1 Å². The Morgan fingerprint density at radius 1 is 1.50 bits per heavy atom. The van der Waals surface area contributed by atoms with E-state index in [9.17, 15) is 4.79 Å². The standard InChI is InChI=1S/C12H11N3O2S/c1-7-13-5-9(18-7)6-14-8-2-3-11-10(4-8)15-12(16)17-11/h2-5,14H,6H2,1H3,(H,15,16). The molecule has 2 aromatic heterocycles. The summed E-state index contributed by atoms with van der Waals surface area (Å²) in [5.41, 5.74) is 2.20. The third kappa shape index (κ3) is 2.14. The van der Waals surface area contributed by atoms with Crippen molar-refractivity contribution >= 4 is 28.1 Å². The minimum absolute atomic E-state index is 0.430. The van der Waals surface area contributed by atoms with Gasteiger partial charge in [0.05, 0.1) is 17.1 Å². The smallest absolute Gasteiger partial charge is 0.408 e. The Bertz CT molecular complexity index is 741. The number of aryl methyl sites for hydroxylation is 1. The largest absolute Gasteiger partial charge is 0.417 e. The lowest BCUT2D eigenvalue weighted by atomic mass is 10.3. The maximum absolute atomic E-state index is 11.0. The SMILES string of the molecule is Cc1ncc(CNc2ccc3oc(=O)[nH]c3c2)s1. The average molecular weight is 261 g/mol. The minimum atomic E-state index is -0.430. The zero-order valence-corrected chi connectivity index (χ0v) is 10.5. The fourth-order valence-electron chi connectivity index (χ4n) is 1.74. The van der Waals surface area contributed by atoms with Gasteiger partial charge in [-0.2, -0.15) is 0 Å². The van der Waals surface area contributed by atoms with E-state index >= 15 is 0 Å². The number of aromatic nitrogens is 2. The van der Waals surface area contributed by atoms with Crippen molar-refractivity contribution in [3.63, 3.8) is 0 Å². The van der Waals surface area contributed by atoms with Gasteiger partial charge >= 0.3 is 5.76 Å². The van der Waals surface area contributed by atoms with Crippen molar-refractivity contribution < 1.29 is 4.42 Å². The Morgan fingerprint density at radius 3 is 3.17 bits per heavy atom. The second-order valence-corrected chi connectivity index (χ2v) is 5.24. The summed E-state index contributed by atoms with van der Waals surface area (Å²) in [7, 11) is 0. The normalized spacial score (nSPS) is 10.9. The summed E-state index contributed by atoms with van der Waals surface area (Å²) in [5, 5.41) is 4.34. The van der Waals surface area contributed by atoms with Gasteiger partial charge in [0.15, 0.2) is 5.58 Å². The quantitative estimate of drug-likeness (QED) is 0.760. The molecule has 0 unspecified atom stereocenters. The third-order valence-electron chi connectivity index (χ3n) is 2.55. The second-order valence-electron chi connectivity index (χ2n) is 3.92. The first-order valence-electron chi connectivity index (χ1n) is 5.49. The van der Waals surface area contributed by atoms with Crippen LogP contribution in [0.2, 0.25) is 0 Å². The van der Waals surface area contributed by atoms with E-state index in [1.165, 1.54) is 4.88 Å². The van der Waals surface area contributed by atoms with E-state index in [0.717, 1.165) is 17.2 Å². The molecule has 0 radical (unpaired) electrons. The van der Waals surface area contributed by atoms with E-state index in [1.54, 1.807) is 17.4 Å². The third-order valence-corrected chi connectivity index (χ3v) is 3.47. The predicted molar refractivity (Wildman–Crippen MR) is 71.0 cm³/mol. The van der Waals surface area contributed by atoms with Crippen molar-refractivity contribution in [1.29, 1.82) is 0 Å². The average Bonchev–Trinajstić information content (AvgIpc) is 2.90. The van der Waals surface area contributed by atoms with Gasteiger partial charge < -0.3 is 9.73 Å². The number of nitrogens with zero attached hydrogens (tertiary/aromatic N) is 1. The summed E-state index contributed by atoms with van der Waals surface area (Å²) >= 11 is 1.66. The number of H-pyrrole nitrogens is 1. The van der Waals surface area contributed by atoms with Crippen LogP contribution in [-0.4, -0.2) is 9.97 Å². The molecule has 2 N–H and O–H groups in total. The van der Waals surface area contributed by atoms with Crippen LogP contribution in [0.5, 0.6) is 0 Å². The highest BCUT2D eigenvalue weighted by molar-refractivity contribution is 7.11. The lowest BCUT2D eigenvalue weighted by Gasteiger charge is -2.03. The molecule has 18 heavy (non-hydrogen) atoms. The molecular formula is C12H11N3O2S. The van der Waals surface area contributed by atoms with Gasteiger partial charge in [-0.1, -0.05) is 0 Å². The Balaban J connectivity index is 1.80. The molecule has 0 bridgehead atoms. The van der Waals surface area contributed by atoms with Crippen LogP contribution in [0.4, 0.5) is 5.69 Å². The highest BCUT2D eigenvalue weighted by Gasteiger charge is 2.02. The molecule has 2 heterocycles. The molecular weight excluding hydrogens is 250 g/mol. The van der Waals surface area contributed by atoms with E-state index in [2.05, 4.69) is 15.3 Å². The van der Waals surface area contributed by atoms with Crippen molar-refractivity contribution in [2.75, 3.05) is 5.32 Å². The lowest BCUT2D eigenvalue weighted by molar-refractivity contribution is 0.555. The zero-order chi connectivity index (χ0) is 12.5. The van der Waals surface area contributed by atoms with Crippen molar-refractivity contribution in [2.45, 2.75) is 13.5 Å². The number of anilines is 1. The molecule has 0 aliphatic carbocycles. The zero-order valence-electron chi connectivity index (χ0n) is 9.69. The van der Waals surface area contributed by atoms with Gasteiger partial charge in [-0.25, -0.2) is 9.78 Å². The van der Waals surface area contributed by atoms with Crippen molar-refractivity contribution in [1.82, 2.24) is 9.97 Å². The minimum Gasteiger partial charge on any atom is -0.408 e. The van der Waals surface area contributed by atoms with Gasteiger partial charge in [-0.05, 0) is 25.1 Å². The number of fused-ring (bicyclic) bond motifs is 1. The first-order chi connectivity index (χ1) is 8.70. The van der Waals surface area contributed by atoms with Gasteiger partial charge in [-0.3, -0.25) is 4.98 Å². The molecule has 0 amide bonds. The summed E-state index contributed by atoms with van der Waals surface area (Å²) in [6.45, 7) is 2.70. The number of thiazole rings is 1. The van der Waals surface area contributed by atoms with E-state index in [1.807, 2.05) is 25.3 Å². The first-order valence-corrected chi connectivity index (χ1v) is 6.30. The van der Waals surface area contributed by atoms with Crippen molar-refractivity contribution in [3.8, 4) is 0 Å². The Hall–Kier alpha value is -2.08. The van der Waals surface area contributed by atoms with E-state index < -0.39 is 5.76 Å². The number of oxazole rings is 1. The van der Waals surface area contributed by atoms with Gasteiger partial charge in [-0.15, -0.1) is 11.3 Å². The summed E-state index contributed by atoms with van der Waals surface area (Å²) in [6.07, 6.45) is 1.87. The van der Waals surface area contributed by atoms with Crippen LogP contribution in [0.1, 0.15) is 9.88 Å². The summed E-state index contributed by atoms with van der Waals surface area (Å²) in [4.78, 5) is 19.0. The molecule has 1 aromatic carbocycles. The van der Waals surface area contributed by atoms with Crippen molar-refractivity contribution in [3.05, 3.63) is 44.8 Å². The maximum Gasteiger partial charge on any atom is 0.417 e. The van der Waals surface area contributed by atoms with Crippen LogP contribution in [0, 0.1) is 6.92 Å². The van der Waals surface area contributed by atoms with Crippen molar-refractivity contribution in [2.24, 2.45) is 0 Å². The monoisotopic (exact) mass is 261 g/mol. The molecule has 92 valence electrons. The molecule has 0 atom stereocenters. The highest BCUT2D eigenvalue weighted by atomic mass is 32.1. The van der Waals surface area contributed by atoms with Gasteiger partial charge in [0.1, 0.15) is 0 Å². The number of rotatable bonds is 3. The highest BCUT2D eigenvalue weighted by Crippen LogP contribution is 2.18. The molecule has 0 fully saturated rings. The fraction of sp³-hybridized carbons (Fsp3) is 0.167. The lowest BCUT2D eigenvalue weighted by Crippen LogP contribution is -1.97. The summed E-state index contributed by atoms with van der Waals surface area (Å²) < 4.78 is 4.94. The van der Waals surface area contributed by atoms with Gasteiger partial charge in [0, 0.05) is 16.8 Å². The number of benzene rings is 1. The van der Waals surface area contributed by atoms with Gasteiger partial charge in [0.25, 0.3) is 0 Å². The Kier molecular flexibility index (Phi) is 2.64. The van der Waals surface area contributed by atoms with Gasteiger partial charge in [0.2, 0.25) is 0 Å². The van der Waals surface area contributed by atoms with Crippen LogP contribution in [-0.2, 0) is 6.54 Å². The number of hydrogen-bond acceptors (Lipinski definition) is 5. The predicted octanol–water partition coefficient (Wildman–Crippen LogP) is 2.50. The van der Waals surface area contributed by atoms with Crippen LogP contribution < -0.4 is 11.1 Å². The Morgan fingerprint density at radius 2 is 2.39 bits per heavy atom. The maximum atomic E-state index is 11.0. The number of nitrogens with one attached hydrogen (secondary N) is 2. The summed E-state index contributed by atoms with van der Waals surface area (Å²) in [5.74, 6) is -0.430. The number of aromatic amines is 1. The van der Waals surface area contributed by atoms with Crippen LogP contribution in [0.3, 0.4) is 0 Å². The number of hydrogen-bond donors (Lipinski definition) is 2. The molecule has 0 spiro atoms. The molecule has 3 aromatic rings. The molecule has 5 nitrogen and oxygen atoms in total. The van der Waals surface area contributed by atoms with E-state index in [4.69, 9.17) is 4.42 Å². The summed E-state index contributed by atoms with van der Waals surface area (Å²) in [6, 6.07) is 5.51. The van der Waals surface area contributed by atoms with Crippen LogP contribution in [0.15, 0.2) is 33.6 Å². The molecule has 0 saturated heterocycles. The second kappa shape index (κ2) is 4.30. The van der Waals surface area contributed by atoms with E-state index in [-0.39, 0.29) is 0 Å². The van der Waals surface area contributed by atoms with Crippen LogP contribution >= 0.6 is 11.3 Å². The Labute approximate surface area is 106 Å².